The van der Waals surface area contributed by atoms with Crippen molar-refractivity contribution in [3.05, 3.63) is 90.6 Å². The first-order valence-electron chi connectivity index (χ1n) is 11.6. The molecule has 1 unspecified atom stereocenters. The van der Waals surface area contributed by atoms with Gasteiger partial charge in [0.1, 0.15) is 25.3 Å². The summed E-state index contributed by atoms with van der Waals surface area (Å²) in [7, 11) is 0. The van der Waals surface area contributed by atoms with Crippen LogP contribution in [-0.4, -0.2) is 35.2 Å². The summed E-state index contributed by atoms with van der Waals surface area (Å²) in [6, 6.07) is 21.8. The highest BCUT2D eigenvalue weighted by molar-refractivity contribution is 5.82. The number of benzene rings is 2. The van der Waals surface area contributed by atoms with Gasteiger partial charge in [-0.25, -0.2) is 0 Å². The van der Waals surface area contributed by atoms with Crippen LogP contribution in [0.3, 0.4) is 0 Å². The normalized spacial score (nSPS) is 26.8. The fourth-order valence-corrected chi connectivity index (χ4v) is 6.22. The first-order valence-corrected chi connectivity index (χ1v) is 11.6. The zero-order chi connectivity index (χ0) is 22.0. The number of fused-ring (bicyclic) bond motifs is 4. The highest BCUT2D eigenvalue weighted by Crippen LogP contribution is 2.49. The summed E-state index contributed by atoms with van der Waals surface area (Å²) in [6.45, 7) is 7.81. The highest BCUT2D eigenvalue weighted by Gasteiger charge is 2.54. The number of para-hydroxylation sites is 1. The average molecular weight is 503 g/mol. The molecule has 0 amide bonds. The van der Waals surface area contributed by atoms with Crippen molar-refractivity contribution >= 4 is 10.9 Å². The molecule has 0 aliphatic carbocycles. The van der Waals surface area contributed by atoms with Crippen LogP contribution in [0.1, 0.15) is 30.1 Å². The van der Waals surface area contributed by atoms with Crippen LogP contribution in [0.15, 0.2) is 79.5 Å². The van der Waals surface area contributed by atoms with Crippen LogP contribution in [-0.2, 0) is 11.3 Å². The molecule has 33 heavy (non-hydrogen) atoms. The van der Waals surface area contributed by atoms with Crippen LogP contribution >= 0.6 is 0 Å². The van der Waals surface area contributed by atoms with Crippen LogP contribution in [0.5, 0.6) is 0 Å². The smallest absolute Gasteiger partial charge is 0.136 e. The molecule has 1 aromatic heterocycles. The molecule has 3 aliphatic rings. The van der Waals surface area contributed by atoms with Gasteiger partial charge in [0.15, 0.2) is 0 Å². The van der Waals surface area contributed by atoms with Crippen molar-refractivity contribution in [2.75, 3.05) is 19.7 Å². The van der Waals surface area contributed by atoms with Gasteiger partial charge in [-0.3, -0.25) is 4.98 Å². The number of piperidine rings is 3. The van der Waals surface area contributed by atoms with Gasteiger partial charge in [-0.15, -0.1) is 13.0 Å². The molecule has 5 atom stereocenters. The molecule has 2 bridgehead atoms. The van der Waals surface area contributed by atoms with E-state index in [1.165, 1.54) is 24.1 Å². The van der Waals surface area contributed by atoms with Gasteiger partial charge in [-0.1, -0.05) is 60.5 Å². The van der Waals surface area contributed by atoms with Gasteiger partial charge >= 0.3 is 0 Å². The fraction of sp³-hybridized carbons (Fsp3) is 0.345. The molecule has 0 spiro atoms. The molecule has 3 aliphatic heterocycles. The average Bonchev–Trinajstić information content (AvgIpc) is 2.85. The number of ether oxygens (including phenoxy) is 1. The number of quaternary nitrogens is 1. The maximum Gasteiger partial charge on any atom is 0.136 e. The molecule has 2 aromatic carbocycles. The van der Waals surface area contributed by atoms with Crippen molar-refractivity contribution in [1.29, 1.82) is 0 Å². The number of pyridine rings is 1. The van der Waals surface area contributed by atoms with Gasteiger partial charge in [0.2, 0.25) is 0 Å². The molecule has 4 heteroatoms. The second-order valence-corrected chi connectivity index (χ2v) is 9.37. The van der Waals surface area contributed by atoms with E-state index in [2.05, 4.69) is 78.2 Å². The van der Waals surface area contributed by atoms with E-state index in [0.29, 0.717) is 24.5 Å². The SMILES string of the molecule is C#CCO[C@@H](c1ccnc2ccccc12)[C@H]1C[C@@H]2CC[N+]1(Cc1ccccc1)C[C@@H]2C=C.[Br-]. The second kappa shape index (κ2) is 10.2. The Morgan fingerprint density at radius 3 is 2.73 bits per heavy atom. The zero-order valence-corrected chi connectivity index (χ0v) is 20.5. The molecule has 3 nitrogen and oxygen atoms in total. The fourth-order valence-electron chi connectivity index (χ4n) is 6.22. The third-order valence-electron chi connectivity index (χ3n) is 7.70. The Morgan fingerprint density at radius 1 is 1.15 bits per heavy atom. The van der Waals surface area contributed by atoms with Crippen LogP contribution in [0.4, 0.5) is 0 Å². The molecule has 4 heterocycles. The van der Waals surface area contributed by atoms with Crippen molar-refractivity contribution < 1.29 is 26.2 Å². The van der Waals surface area contributed by atoms with Crippen LogP contribution in [0, 0.1) is 24.2 Å². The lowest BCUT2D eigenvalue weighted by Gasteiger charge is -2.58. The van der Waals surface area contributed by atoms with Gasteiger partial charge in [-0.05, 0) is 23.6 Å². The Morgan fingerprint density at radius 2 is 1.94 bits per heavy atom. The summed E-state index contributed by atoms with van der Waals surface area (Å²) in [6.07, 6.45) is 12.1. The van der Waals surface area contributed by atoms with Crippen LogP contribution in [0.2, 0.25) is 0 Å². The van der Waals surface area contributed by atoms with Gasteiger partial charge in [0.25, 0.3) is 0 Å². The molecule has 6 rings (SSSR count). The summed E-state index contributed by atoms with van der Waals surface area (Å²) in [5.74, 6) is 3.95. The Bertz CT molecular complexity index is 1140. The molecule has 3 aromatic rings. The van der Waals surface area contributed by atoms with Gasteiger partial charge in [-0.2, -0.15) is 0 Å². The van der Waals surface area contributed by atoms with E-state index in [-0.39, 0.29) is 23.1 Å². The third-order valence-corrected chi connectivity index (χ3v) is 7.70. The summed E-state index contributed by atoms with van der Waals surface area (Å²) in [5, 5.41) is 1.16. The van der Waals surface area contributed by atoms with Crippen molar-refractivity contribution in [3.8, 4) is 12.3 Å². The number of halogens is 1. The first-order chi connectivity index (χ1) is 15.7. The summed E-state index contributed by atoms with van der Waals surface area (Å²) < 4.78 is 7.53. The Kier molecular flexibility index (Phi) is 7.34. The largest absolute Gasteiger partial charge is 1.00 e. The number of hydrogen-bond acceptors (Lipinski definition) is 2. The number of hydrogen-bond donors (Lipinski definition) is 0. The van der Waals surface area contributed by atoms with Gasteiger partial charge in [0, 0.05) is 35.9 Å². The highest BCUT2D eigenvalue weighted by atomic mass is 79.9. The molecule has 0 N–H and O–H groups in total. The molecular weight excluding hydrogens is 472 g/mol. The molecule has 0 radical (unpaired) electrons. The number of terminal acetylenes is 1. The summed E-state index contributed by atoms with van der Waals surface area (Å²) >= 11 is 0. The second-order valence-electron chi connectivity index (χ2n) is 9.37. The zero-order valence-electron chi connectivity index (χ0n) is 18.9. The van der Waals surface area contributed by atoms with E-state index < -0.39 is 0 Å². The van der Waals surface area contributed by atoms with E-state index in [9.17, 15) is 0 Å². The Hall–Kier alpha value is -2.45. The number of aromatic nitrogens is 1. The minimum Gasteiger partial charge on any atom is -1.00 e. The predicted octanol–water partition coefficient (Wildman–Crippen LogP) is 2.54. The molecule has 0 saturated carbocycles. The third kappa shape index (κ3) is 4.51. The molecule has 3 saturated heterocycles. The summed E-state index contributed by atoms with van der Waals surface area (Å²) in [4.78, 5) is 4.59. The number of rotatable bonds is 7. The molecule has 3 fully saturated rings. The molecular formula is C29H31BrN2O. The summed E-state index contributed by atoms with van der Waals surface area (Å²) in [5.41, 5.74) is 3.61. The predicted molar refractivity (Wildman–Crippen MR) is 130 cm³/mol. The van der Waals surface area contributed by atoms with Gasteiger partial charge in [0.05, 0.1) is 18.6 Å². The lowest BCUT2D eigenvalue weighted by molar-refractivity contribution is -0.985. The maximum absolute atomic E-state index is 6.50. The Balaban J connectivity index is 0.00000259. The Labute approximate surface area is 207 Å². The van der Waals surface area contributed by atoms with Gasteiger partial charge < -0.3 is 26.2 Å². The van der Waals surface area contributed by atoms with E-state index in [0.717, 1.165) is 34.9 Å². The monoisotopic (exact) mass is 502 g/mol. The van der Waals surface area contributed by atoms with E-state index in [1.54, 1.807) is 0 Å². The minimum atomic E-state index is -0.0590. The van der Waals surface area contributed by atoms with Crippen LogP contribution < -0.4 is 17.0 Å². The van der Waals surface area contributed by atoms with Crippen molar-refractivity contribution in [2.45, 2.75) is 31.5 Å². The first kappa shape index (κ1) is 23.7. The minimum absolute atomic E-state index is 0. The van der Waals surface area contributed by atoms with Crippen LogP contribution in [0.25, 0.3) is 10.9 Å². The topological polar surface area (TPSA) is 22.1 Å². The number of nitrogens with zero attached hydrogens (tertiary/aromatic N) is 2. The quantitative estimate of drug-likeness (QED) is 0.281. The van der Waals surface area contributed by atoms with Crippen molar-refractivity contribution in [2.24, 2.45) is 11.8 Å². The molecule has 170 valence electrons. The lowest BCUT2D eigenvalue weighted by atomic mass is 9.71. The van der Waals surface area contributed by atoms with E-state index in [1.807, 2.05) is 12.3 Å². The van der Waals surface area contributed by atoms with Crippen molar-refractivity contribution in [1.82, 2.24) is 4.98 Å². The van der Waals surface area contributed by atoms with E-state index >= 15 is 0 Å². The standard InChI is InChI=1S/C29H31N2O.BrH/c1-3-18-32-29(26-14-16-30-27-13-9-8-12-25(26)27)28-19-24-15-17-31(28,21-23(24)4-2)20-22-10-6-5-7-11-22;/h1,4-14,16,23-24,28-29H,2,15,17-21H2;1H/q+1;/p-1/t23-,24-,28+,29-,31?;/m0./s1. The van der Waals surface area contributed by atoms with E-state index in [4.69, 9.17) is 11.2 Å². The maximum atomic E-state index is 6.50. The van der Waals surface area contributed by atoms with Crippen molar-refractivity contribution in [3.63, 3.8) is 0 Å². The lowest BCUT2D eigenvalue weighted by Crippen LogP contribution is -3.00.